The summed E-state index contributed by atoms with van der Waals surface area (Å²) < 4.78 is 0. The van der Waals surface area contributed by atoms with Gasteiger partial charge in [-0.05, 0) is 162 Å². The van der Waals surface area contributed by atoms with E-state index < -0.39 is 0 Å². The van der Waals surface area contributed by atoms with Crippen molar-refractivity contribution in [3.8, 4) is 66.8 Å². The van der Waals surface area contributed by atoms with Crippen molar-refractivity contribution in [3.63, 3.8) is 0 Å². The molecule has 354 valence electrons. The third kappa shape index (κ3) is 7.74. The standard InChI is InChI=1S/C72H56N2/c1-71(2)67-21-13-11-19-63(67)65-45-43-61(47-69(65)71)73(57-35-27-53(28-36-57)49-15-7-5-8-16-49)59-39-31-55(32-40-59)51-23-25-52(26-24-51)56-33-41-60(42-34-56)74(58-37-29-54(30-38-58)50-17-9-6-10-18-50)62-44-46-66-64-20-12-14-22-68(64)72(3,4)70(66)48-62/h5-48H,1-4H3. The Morgan fingerprint density at radius 3 is 0.743 bits per heavy atom. The molecule has 0 heterocycles. The Labute approximate surface area is 436 Å². The lowest BCUT2D eigenvalue weighted by Crippen LogP contribution is -2.16. The Bertz CT molecular complexity index is 3580. The highest BCUT2D eigenvalue weighted by molar-refractivity contribution is 5.89. The van der Waals surface area contributed by atoms with Gasteiger partial charge in [-0.15, -0.1) is 0 Å². The number of nitrogens with zero attached hydrogens (tertiary/aromatic N) is 2. The number of anilines is 6. The van der Waals surface area contributed by atoms with E-state index in [2.05, 4.69) is 304 Å². The average molecular weight is 949 g/mol. The first-order chi connectivity index (χ1) is 36.2. The van der Waals surface area contributed by atoms with Crippen molar-refractivity contribution < 1.29 is 0 Å². The monoisotopic (exact) mass is 948 g/mol. The zero-order valence-corrected chi connectivity index (χ0v) is 42.3. The van der Waals surface area contributed by atoms with E-state index in [0.717, 1.165) is 34.1 Å². The van der Waals surface area contributed by atoms with Gasteiger partial charge in [-0.3, -0.25) is 0 Å². The van der Waals surface area contributed by atoms with Crippen LogP contribution in [0.1, 0.15) is 49.9 Å². The fourth-order valence-electron chi connectivity index (χ4n) is 11.9. The summed E-state index contributed by atoms with van der Waals surface area (Å²) in [6, 6.07) is 98.1. The number of benzene rings is 11. The molecule has 0 saturated heterocycles. The van der Waals surface area contributed by atoms with Gasteiger partial charge in [0.05, 0.1) is 0 Å². The van der Waals surface area contributed by atoms with Gasteiger partial charge in [0, 0.05) is 45.0 Å². The van der Waals surface area contributed by atoms with Crippen LogP contribution in [0.2, 0.25) is 0 Å². The molecular formula is C72H56N2. The first kappa shape index (κ1) is 44.9. The molecule has 0 radical (unpaired) electrons. The van der Waals surface area contributed by atoms with Crippen molar-refractivity contribution in [2.75, 3.05) is 9.80 Å². The minimum Gasteiger partial charge on any atom is -0.310 e. The zero-order valence-electron chi connectivity index (χ0n) is 42.3. The molecule has 0 aliphatic heterocycles. The quantitative estimate of drug-likeness (QED) is 0.135. The highest BCUT2D eigenvalue weighted by Crippen LogP contribution is 2.52. The van der Waals surface area contributed by atoms with E-state index in [9.17, 15) is 0 Å². The molecule has 0 spiro atoms. The summed E-state index contributed by atoms with van der Waals surface area (Å²) >= 11 is 0. The van der Waals surface area contributed by atoms with Gasteiger partial charge in [0.2, 0.25) is 0 Å². The summed E-state index contributed by atoms with van der Waals surface area (Å²) in [5.74, 6) is 0. The maximum atomic E-state index is 2.41. The molecule has 0 unspecified atom stereocenters. The topological polar surface area (TPSA) is 6.48 Å². The van der Waals surface area contributed by atoms with Crippen molar-refractivity contribution >= 4 is 34.1 Å². The molecule has 11 aromatic rings. The van der Waals surface area contributed by atoms with Gasteiger partial charge in [0.25, 0.3) is 0 Å². The van der Waals surface area contributed by atoms with Crippen molar-refractivity contribution in [3.05, 3.63) is 289 Å². The highest BCUT2D eigenvalue weighted by Gasteiger charge is 2.37. The lowest BCUT2D eigenvalue weighted by Gasteiger charge is -2.28. The summed E-state index contributed by atoms with van der Waals surface area (Å²) in [7, 11) is 0. The number of hydrogen-bond acceptors (Lipinski definition) is 2. The minimum absolute atomic E-state index is 0.104. The lowest BCUT2D eigenvalue weighted by atomic mass is 9.82. The summed E-state index contributed by atoms with van der Waals surface area (Å²) in [5, 5.41) is 0. The third-order valence-electron chi connectivity index (χ3n) is 15.9. The number of rotatable bonds is 10. The first-order valence-electron chi connectivity index (χ1n) is 25.9. The molecular weight excluding hydrogens is 893 g/mol. The molecule has 0 amide bonds. The molecule has 2 aliphatic rings. The Morgan fingerprint density at radius 2 is 0.432 bits per heavy atom. The summed E-state index contributed by atoms with van der Waals surface area (Å²) in [4.78, 5) is 4.80. The average Bonchev–Trinajstić information content (AvgIpc) is 3.84. The van der Waals surface area contributed by atoms with Crippen molar-refractivity contribution in [2.24, 2.45) is 0 Å². The van der Waals surface area contributed by atoms with Gasteiger partial charge in [0.1, 0.15) is 0 Å². The summed E-state index contributed by atoms with van der Waals surface area (Å²) in [6.07, 6.45) is 0. The van der Waals surface area contributed by atoms with Crippen LogP contribution < -0.4 is 9.80 Å². The molecule has 0 saturated carbocycles. The van der Waals surface area contributed by atoms with E-state index in [1.165, 1.54) is 89.0 Å². The zero-order chi connectivity index (χ0) is 50.0. The normalized spacial score (nSPS) is 13.4. The predicted octanol–water partition coefficient (Wildman–Crippen LogP) is 19.9. The Morgan fingerprint density at radius 1 is 0.203 bits per heavy atom. The fraction of sp³-hybridized carbons (Fsp3) is 0.0833. The van der Waals surface area contributed by atoms with Gasteiger partial charge in [0.15, 0.2) is 0 Å². The van der Waals surface area contributed by atoms with Crippen LogP contribution >= 0.6 is 0 Å². The summed E-state index contributed by atoms with van der Waals surface area (Å²) in [5.41, 5.74) is 26.9. The molecule has 0 atom stereocenters. The molecule has 2 heteroatoms. The Hall–Kier alpha value is -8.98. The molecule has 0 bridgehead atoms. The van der Waals surface area contributed by atoms with Crippen LogP contribution in [0.3, 0.4) is 0 Å². The van der Waals surface area contributed by atoms with Crippen LogP contribution in [0.5, 0.6) is 0 Å². The minimum atomic E-state index is -0.104. The van der Waals surface area contributed by atoms with Crippen LogP contribution in [-0.4, -0.2) is 0 Å². The van der Waals surface area contributed by atoms with E-state index >= 15 is 0 Å². The highest BCUT2D eigenvalue weighted by atomic mass is 15.1. The van der Waals surface area contributed by atoms with Crippen molar-refractivity contribution in [2.45, 2.75) is 38.5 Å². The molecule has 2 aliphatic carbocycles. The maximum Gasteiger partial charge on any atom is 0.0465 e. The van der Waals surface area contributed by atoms with Gasteiger partial charge in [-0.25, -0.2) is 0 Å². The van der Waals surface area contributed by atoms with Gasteiger partial charge in [-0.1, -0.05) is 222 Å². The molecule has 74 heavy (non-hydrogen) atoms. The van der Waals surface area contributed by atoms with Crippen LogP contribution in [0.4, 0.5) is 34.1 Å². The van der Waals surface area contributed by atoms with Gasteiger partial charge < -0.3 is 9.80 Å². The molecule has 2 nitrogen and oxygen atoms in total. The first-order valence-corrected chi connectivity index (χ1v) is 25.9. The molecule has 11 aromatic carbocycles. The second-order valence-electron chi connectivity index (χ2n) is 21.0. The number of hydrogen-bond donors (Lipinski definition) is 0. The Kier molecular flexibility index (Phi) is 10.9. The SMILES string of the molecule is CC1(C)c2ccccc2-c2ccc(N(c3ccc(-c4ccccc4)cc3)c3ccc(-c4ccc(-c5ccc(N(c6ccc(-c7ccccc7)cc6)c6ccc7c(c6)C(C)(C)c6ccccc6-7)cc5)cc4)cc3)cc21. The van der Waals surface area contributed by atoms with E-state index in [-0.39, 0.29) is 10.8 Å². The largest absolute Gasteiger partial charge is 0.310 e. The van der Waals surface area contributed by atoms with E-state index in [4.69, 9.17) is 0 Å². The summed E-state index contributed by atoms with van der Waals surface area (Å²) in [6.45, 7) is 9.41. The second kappa shape index (κ2) is 17.9. The molecule has 13 rings (SSSR count). The van der Waals surface area contributed by atoms with Gasteiger partial charge in [-0.2, -0.15) is 0 Å². The van der Waals surface area contributed by atoms with Crippen LogP contribution in [-0.2, 0) is 10.8 Å². The maximum absolute atomic E-state index is 2.41. The Balaban J connectivity index is 0.798. The second-order valence-corrected chi connectivity index (χ2v) is 21.0. The smallest absolute Gasteiger partial charge is 0.0465 e. The van der Waals surface area contributed by atoms with Crippen LogP contribution in [0.15, 0.2) is 267 Å². The molecule has 0 aromatic heterocycles. The van der Waals surface area contributed by atoms with Crippen LogP contribution in [0, 0.1) is 0 Å². The van der Waals surface area contributed by atoms with E-state index in [1.807, 2.05) is 0 Å². The van der Waals surface area contributed by atoms with Crippen molar-refractivity contribution in [1.29, 1.82) is 0 Å². The third-order valence-corrected chi connectivity index (χ3v) is 15.9. The lowest BCUT2D eigenvalue weighted by molar-refractivity contribution is 0.660. The number of fused-ring (bicyclic) bond motifs is 6. The predicted molar refractivity (Wildman–Crippen MR) is 313 cm³/mol. The van der Waals surface area contributed by atoms with E-state index in [1.54, 1.807) is 0 Å². The molecule has 0 N–H and O–H groups in total. The fourth-order valence-corrected chi connectivity index (χ4v) is 11.9. The van der Waals surface area contributed by atoms with E-state index in [0.29, 0.717) is 0 Å². The molecule has 0 fully saturated rings. The van der Waals surface area contributed by atoms with Crippen molar-refractivity contribution in [1.82, 2.24) is 0 Å². The van der Waals surface area contributed by atoms with Crippen LogP contribution in [0.25, 0.3) is 66.8 Å². The van der Waals surface area contributed by atoms with Gasteiger partial charge >= 0.3 is 0 Å².